The Morgan fingerprint density at radius 2 is 0.481 bits per heavy atom. The Morgan fingerprint density at radius 1 is 0.259 bits per heavy atom. The first-order chi connectivity index (χ1) is 40.0. The Balaban J connectivity index is 4.27. The van der Waals surface area contributed by atoms with Gasteiger partial charge in [0.15, 0.2) is 6.10 Å². The molecule has 81 heavy (non-hydrogen) atoms. The van der Waals surface area contributed by atoms with E-state index in [-0.39, 0.29) is 31.1 Å². The Hall–Kier alpha value is -4.71. The molecule has 0 bridgehead atoms. The fourth-order valence-electron chi connectivity index (χ4n) is 8.85. The minimum Gasteiger partial charge on any atom is -0.462 e. The van der Waals surface area contributed by atoms with Gasteiger partial charge in [-0.15, -0.1) is 0 Å². The van der Waals surface area contributed by atoms with E-state index in [0.717, 1.165) is 141 Å². The van der Waals surface area contributed by atoms with Gasteiger partial charge in [0.2, 0.25) is 0 Å². The lowest BCUT2D eigenvalue weighted by atomic mass is 10.1. The molecule has 0 aromatic heterocycles. The number of carbonyl (C=O) groups excluding carboxylic acids is 3. The van der Waals surface area contributed by atoms with Crippen LogP contribution in [0.5, 0.6) is 0 Å². The lowest BCUT2D eigenvalue weighted by molar-refractivity contribution is -0.167. The molecule has 0 rings (SSSR count). The average Bonchev–Trinajstić information content (AvgIpc) is 3.47. The van der Waals surface area contributed by atoms with E-state index in [0.29, 0.717) is 19.3 Å². The molecular weight excluding hydrogens is 997 g/mol. The van der Waals surface area contributed by atoms with Crippen LogP contribution in [-0.2, 0) is 28.6 Å². The molecule has 0 aliphatic carbocycles. The summed E-state index contributed by atoms with van der Waals surface area (Å²) in [4.78, 5) is 38.2. The molecule has 0 spiro atoms. The standard InChI is InChI=1S/C75H122O6/c1-4-7-10-13-16-19-21-23-25-27-29-30-31-32-33-34-35-36-37-38-39-40-41-42-43-44-46-47-49-51-53-56-59-62-65-68-74(77)80-71-72(70-79-73(76)67-64-61-58-55-18-15-12-9-6-3)81-75(78)69-66-63-60-57-54-52-50-48-45-28-26-24-22-20-17-14-11-8-5-2/h7,10,16-17,19-20,23-26,29-30,32-33,35-36,38-39,41-42,44,46,49,51,72H,4-6,8-9,11-15,18,21-22,27-28,31,34,37,40,43,45,47-48,50,52-71H2,1-3H3/b10-7-,19-16-,20-17-,25-23-,26-24-,30-29-,33-32-,36-35-,39-38-,42-41-,46-44-,51-49-. The monoisotopic (exact) mass is 1120 g/mol. The van der Waals surface area contributed by atoms with Crippen molar-refractivity contribution in [1.82, 2.24) is 0 Å². The predicted octanol–water partition coefficient (Wildman–Crippen LogP) is 23.1. The maximum absolute atomic E-state index is 12.9. The first kappa shape index (κ1) is 76.3. The highest BCUT2D eigenvalue weighted by molar-refractivity contribution is 5.71. The van der Waals surface area contributed by atoms with Crippen molar-refractivity contribution in [3.05, 3.63) is 146 Å². The number of hydrogen-bond acceptors (Lipinski definition) is 6. The summed E-state index contributed by atoms with van der Waals surface area (Å²) in [6.07, 6.45) is 97.2. The molecule has 0 amide bonds. The lowest BCUT2D eigenvalue weighted by Crippen LogP contribution is -2.30. The first-order valence-corrected chi connectivity index (χ1v) is 33.3. The first-order valence-electron chi connectivity index (χ1n) is 33.3. The number of rotatable bonds is 59. The van der Waals surface area contributed by atoms with E-state index in [9.17, 15) is 14.4 Å². The predicted molar refractivity (Wildman–Crippen MR) is 352 cm³/mol. The van der Waals surface area contributed by atoms with Crippen molar-refractivity contribution in [3.63, 3.8) is 0 Å². The second-order valence-electron chi connectivity index (χ2n) is 21.6. The molecule has 0 fully saturated rings. The number of unbranched alkanes of at least 4 members (excludes halogenated alkanes) is 24. The van der Waals surface area contributed by atoms with Crippen LogP contribution in [0, 0.1) is 0 Å². The topological polar surface area (TPSA) is 78.9 Å². The molecule has 0 aromatic rings. The molecular formula is C75H122O6. The quantitative estimate of drug-likeness (QED) is 0.0261. The molecule has 1 unspecified atom stereocenters. The summed E-state index contributed by atoms with van der Waals surface area (Å²) in [6, 6.07) is 0. The molecule has 0 aromatic carbocycles. The van der Waals surface area contributed by atoms with Crippen LogP contribution in [0.2, 0.25) is 0 Å². The Bertz CT molecular complexity index is 1760. The van der Waals surface area contributed by atoms with Crippen LogP contribution < -0.4 is 0 Å². The van der Waals surface area contributed by atoms with Crippen LogP contribution in [0.25, 0.3) is 0 Å². The van der Waals surface area contributed by atoms with E-state index < -0.39 is 6.10 Å². The third-order valence-corrected chi connectivity index (χ3v) is 13.8. The van der Waals surface area contributed by atoms with Crippen LogP contribution in [0.4, 0.5) is 0 Å². The number of carbonyl (C=O) groups is 3. The number of hydrogen-bond donors (Lipinski definition) is 0. The minimum atomic E-state index is -0.794. The molecule has 6 heteroatoms. The van der Waals surface area contributed by atoms with Crippen molar-refractivity contribution in [2.45, 2.75) is 297 Å². The van der Waals surface area contributed by atoms with Crippen molar-refractivity contribution in [2.75, 3.05) is 13.2 Å². The zero-order chi connectivity index (χ0) is 58.5. The van der Waals surface area contributed by atoms with Gasteiger partial charge < -0.3 is 14.2 Å². The van der Waals surface area contributed by atoms with Crippen molar-refractivity contribution >= 4 is 17.9 Å². The highest BCUT2D eigenvalue weighted by Crippen LogP contribution is 2.15. The lowest BCUT2D eigenvalue weighted by Gasteiger charge is -2.18. The zero-order valence-electron chi connectivity index (χ0n) is 52.5. The zero-order valence-corrected chi connectivity index (χ0v) is 52.5. The molecule has 6 nitrogen and oxygen atoms in total. The maximum Gasteiger partial charge on any atom is 0.306 e. The summed E-state index contributed by atoms with van der Waals surface area (Å²) >= 11 is 0. The number of esters is 3. The molecule has 0 aliphatic rings. The van der Waals surface area contributed by atoms with Crippen molar-refractivity contribution in [1.29, 1.82) is 0 Å². The van der Waals surface area contributed by atoms with Gasteiger partial charge in [0, 0.05) is 19.3 Å². The van der Waals surface area contributed by atoms with Crippen LogP contribution in [0.1, 0.15) is 290 Å². The molecule has 0 aliphatic heterocycles. The summed E-state index contributed by atoms with van der Waals surface area (Å²) in [7, 11) is 0. The Labute approximate surface area is 499 Å². The molecule has 0 heterocycles. The smallest absolute Gasteiger partial charge is 0.306 e. The second kappa shape index (κ2) is 67.8. The number of ether oxygens (including phenoxy) is 3. The van der Waals surface area contributed by atoms with Crippen LogP contribution in [0.3, 0.4) is 0 Å². The summed E-state index contributed by atoms with van der Waals surface area (Å²) in [5.41, 5.74) is 0. The third kappa shape index (κ3) is 66.0. The van der Waals surface area contributed by atoms with E-state index in [1.54, 1.807) is 0 Å². The summed E-state index contributed by atoms with van der Waals surface area (Å²) in [5.74, 6) is -0.922. The molecule has 1 atom stereocenters. The molecule has 0 saturated carbocycles. The van der Waals surface area contributed by atoms with Gasteiger partial charge in [0.25, 0.3) is 0 Å². The van der Waals surface area contributed by atoms with Crippen molar-refractivity contribution < 1.29 is 28.6 Å². The van der Waals surface area contributed by atoms with Gasteiger partial charge in [0.1, 0.15) is 13.2 Å². The second-order valence-corrected chi connectivity index (χ2v) is 21.6. The van der Waals surface area contributed by atoms with E-state index in [1.807, 2.05) is 0 Å². The number of allylic oxidation sites excluding steroid dienone is 24. The normalized spacial score (nSPS) is 13.1. The molecule has 0 radical (unpaired) electrons. The van der Waals surface area contributed by atoms with Gasteiger partial charge in [-0.2, -0.15) is 0 Å². The fraction of sp³-hybridized carbons (Fsp3) is 0.640. The van der Waals surface area contributed by atoms with Gasteiger partial charge >= 0.3 is 17.9 Å². The summed E-state index contributed by atoms with van der Waals surface area (Å²) < 4.78 is 16.9. The molecule has 0 saturated heterocycles. The largest absolute Gasteiger partial charge is 0.462 e. The highest BCUT2D eigenvalue weighted by atomic mass is 16.6. The summed E-state index contributed by atoms with van der Waals surface area (Å²) in [5, 5.41) is 0. The van der Waals surface area contributed by atoms with Gasteiger partial charge in [0.05, 0.1) is 0 Å². The van der Waals surface area contributed by atoms with Gasteiger partial charge in [-0.1, -0.05) is 289 Å². The van der Waals surface area contributed by atoms with Crippen LogP contribution >= 0.6 is 0 Å². The Kier molecular flexibility index (Phi) is 63.9. The SMILES string of the molecule is CC/C=C\C/C=C\C/C=C\C/C=C\C/C=C\C/C=C\C/C=C\C/C=C\C/C=C\C/C=C\CCCCCCC(=O)OCC(COC(=O)CCCCCCCCCCC)OC(=O)CCCCCCCCCCC/C=C\C/C=C\CCCCC. The van der Waals surface area contributed by atoms with Crippen molar-refractivity contribution in [3.8, 4) is 0 Å². The summed E-state index contributed by atoms with van der Waals surface area (Å²) in [6.45, 7) is 6.46. The van der Waals surface area contributed by atoms with E-state index >= 15 is 0 Å². The Morgan fingerprint density at radius 3 is 0.778 bits per heavy atom. The maximum atomic E-state index is 12.9. The van der Waals surface area contributed by atoms with Crippen molar-refractivity contribution in [2.24, 2.45) is 0 Å². The van der Waals surface area contributed by atoms with Gasteiger partial charge in [-0.05, 0) is 128 Å². The van der Waals surface area contributed by atoms with E-state index in [4.69, 9.17) is 14.2 Å². The van der Waals surface area contributed by atoms with E-state index in [1.165, 1.54) is 109 Å². The van der Waals surface area contributed by atoms with Gasteiger partial charge in [-0.3, -0.25) is 14.4 Å². The average molecular weight is 1120 g/mol. The molecule has 458 valence electrons. The van der Waals surface area contributed by atoms with Crippen LogP contribution in [-0.4, -0.2) is 37.2 Å². The fourth-order valence-corrected chi connectivity index (χ4v) is 8.85. The van der Waals surface area contributed by atoms with Gasteiger partial charge in [-0.25, -0.2) is 0 Å². The van der Waals surface area contributed by atoms with Crippen LogP contribution in [0.15, 0.2) is 146 Å². The third-order valence-electron chi connectivity index (χ3n) is 13.8. The molecule has 0 N–H and O–H groups in total. The minimum absolute atomic E-state index is 0.0897. The highest BCUT2D eigenvalue weighted by Gasteiger charge is 2.19. The van der Waals surface area contributed by atoms with E-state index in [2.05, 4.69) is 167 Å².